The molecule has 146 valence electrons. The third kappa shape index (κ3) is 5.17. The standard InChI is InChI=1S/C20H23N5OS2/c1-14(2)10-11-21-20(27)23-22-19(26)16-13-25(15-7-4-3-5-8-15)24-18(16)17-9-6-12-28-17/h3-9,12-14H,10-11H2,1-2H3,(H,22,26)(H2,21,23,27). The SMILES string of the molecule is CC(C)CCNC(=S)NNC(=O)c1cn(-c2ccccc2)nc1-c1cccs1. The van der Waals surface area contributed by atoms with Crippen molar-refractivity contribution in [3.8, 4) is 16.3 Å². The third-order valence-electron chi connectivity index (χ3n) is 4.03. The van der Waals surface area contributed by atoms with E-state index in [1.807, 2.05) is 47.8 Å². The van der Waals surface area contributed by atoms with Crippen molar-refractivity contribution in [3.05, 3.63) is 59.6 Å². The van der Waals surface area contributed by atoms with Crippen molar-refractivity contribution in [3.63, 3.8) is 0 Å². The molecule has 2 heterocycles. The quantitative estimate of drug-likeness (QED) is 0.424. The lowest BCUT2D eigenvalue weighted by molar-refractivity contribution is 0.0944. The monoisotopic (exact) mass is 413 g/mol. The summed E-state index contributed by atoms with van der Waals surface area (Å²) < 4.78 is 1.71. The van der Waals surface area contributed by atoms with Crippen LogP contribution < -0.4 is 16.2 Å². The highest BCUT2D eigenvalue weighted by Crippen LogP contribution is 2.27. The molecule has 0 spiro atoms. The van der Waals surface area contributed by atoms with Gasteiger partial charge in [0.1, 0.15) is 5.69 Å². The second-order valence-electron chi connectivity index (χ2n) is 6.67. The molecular formula is C20H23N5OS2. The fourth-order valence-electron chi connectivity index (χ4n) is 2.55. The Bertz CT molecular complexity index is 919. The lowest BCUT2D eigenvalue weighted by Crippen LogP contribution is -2.47. The summed E-state index contributed by atoms with van der Waals surface area (Å²) in [6.07, 6.45) is 2.73. The van der Waals surface area contributed by atoms with Gasteiger partial charge in [0.15, 0.2) is 5.11 Å². The van der Waals surface area contributed by atoms with E-state index in [9.17, 15) is 4.79 Å². The van der Waals surface area contributed by atoms with Gasteiger partial charge in [0.2, 0.25) is 0 Å². The van der Waals surface area contributed by atoms with Gasteiger partial charge in [0.05, 0.1) is 16.1 Å². The van der Waals surface area contributed by atoms with E-state index in [-0.39, 0.29) is 5.91 Å². The number of hydrazine groups is 1. The molecule has 0 radical (unpaired) electrons. The number of aromatic nitrogens is 2. The first-order valence-corrected chi connectivity index (χ1v) is 10.4. The Morgan fingerprint density at radius 1 is 1.18 bits per heavy atom. The minimum atomic E-state index is -0.293. The molecule has 8 heteroatoms. The molecule has 6 nitrogen and oxygen atoms in total. The molecular weight excluding hydrogens is 390 g/mol. The van der Waals surface area contributed by atoms with Gasteiger partial charge < -0.3 is 5.32 Å². The van der Waals surface area contributed by atoms with E-state index in [4.69, 9.17) is 12.2 Å². The zero-order valence-electron chi connectivity index (χ0n) is 15.8. The number of rotatable bonds is 6. The zero-order valence-corrected chi connectivity index (χ0v) is 17.4. The number of benzene rings is 1. The van der Waals surface area contributed by atoms with E-state index in [1.165, 1.54) is 11.3 Å². The Hall–Kier alpha value is -2.71. The number of nitrogens with zero attached hydrogens (tertiary/aromatic N) is 2. The van der Waals surface area contributed by atoms with Gasteiger partial charge in [-0.15, -0.1) is 11.3 Å². The predicted molar refractivity (Wildman–Crippen MR) is 118 cm³/mol. The van der Waals surface area contributed by atoms with Crippen molar-refractivity contribution in [2.45, 2.75) is 20.3 Å². The second-order valence-corrected chi connectivity index (χ2v) is 8.02. The molecule has 2 aromatic heterocycles. The Balaban J connectivity index is 1.74. The van der Waals surface area contributed by atoms with E-state index in [2.05, 4.69) is 35.1 Å². The van der Waals surface area contributed by atoms with Crippen LogP contribution in [0.15, 0.2) is 54.0 Å². The Kier molecular flexibility index (Phi) is 6.78. The molecule has 3 rings (SSSR count). The van der Waals surface area contributed by atoms with Gasteiger partial charge in [-0.1, -0.05) is 38.1 Å². The van der Waals surface area contributed by atoms with Gasteiger partial charge in [-0.25, -0.2) is 4.68 Å². The van der Waals surface area contributed by atoms with Crippen LogP contribution in [0.4, 0.5) is 0 Å². The lowest BCUT2D eigenvalue weighted by atomic mass is 10.1. The van der Waals surface area contributed by atoms with Crippen LogP contribution in [0.25, 0.3) is 16.3 Å². The van der Waals surface area contributed by atoms with Crippen LogP contribution in [-0.4, -0.2) is 27.3 Å². The van der Waals surface area contributed by atoms with Gasteiger partial charge in [-0.2, -0.15) is 5.10 Å². The van der Waals surface area contributed by atoms with E-state index in [0.717, 1.165) is 23.5 Å². The highest BCUT2D eigenvalue weighted by Gasteiger charge is 2.19. The first kappa shape index (κ1) is 20.0. The van der Waals surface area contributed by atoms with E-state index in [0.29, 0.717) is 22.3 Å². The number of carbonyl (C=O) groups is 1. The minimum absolute atomic E-state index is 0.293. The molecule has 0 aliphatic rings. The predicted octanol–water partition coefficient (Wildman–Crippen LogP) is 3.76. The third-order valence-corrected chi connectivity index (χ3v) is 5.15. The van der Waals surface area contributed by atoms with Crippen molar-refractivity contribution in [1.29, 1.82) is 0 Å². The number of nitrogens with one attached hydrogen (secondary N) is 3. The number of carbonyl (C=O) groups excluding carboxylic acids is 1. The Labute approximate surface area is 173 Å². The summed E-state index contributed by atoms with van der Waals surface area (Å²) >= 11 is 6.75. The molecule has 1 amide bonds. The second kappa shape index (κ2) is 9.48. The number of thiophene rings is 1. The molecule has 3 N–H and O–H groups in total. The molecule has 3 aromatic rings. The maximum Gasteiger partial charge on any atom is 0.273 e. The fourth-order valence-corrected chi connectivity index (χ4v) is 3.42. The van der Waals surface area contributed by atoms with Crippen molar-refractivity contribution in [2.75, 3.05) is 6.54 Å². The topological polar surface area (TPSA) is 71.0 Å². The molecule has 0 bridgehead atoms. The maximum absolute atomic E-state index is 12.8. The molecule has 1 aromatic carbocycles. The van der Waals surface area contributed by atoms with Crippen molar-refractivity contribution in [2.24, 2.45) is 5.92 Å². The summed E-state index contributed by atoms with van der Waals surface area (Å²) in [7, 11) is 0. The van der Waals surface area contributed by atoms with E-state index in [1.54, 1.807) is 10.9 Å². The summed E-state index contributed by atoms with van der Waals surface area (Å²) in [5.74, 6) is 0.292. The molecule has 0 unspecified atom stereocenters. The number of para-hydroxylation sites is 1. The van der Waals surface area contributed by atoms with Crippen LogP contribution in [0.5, 0.6) is 0 Å². The van der Waals surface area contributed by atoms with Crippen molar-refractivity contribution >= 4 is 34.6 Å². The minimum Gasteiger partial charge on any atom is -0.361 e. The van der Waals surface area contributed by atoms with Crippen LogP contribution in [0.1, 0.15) is 30.6 Å². The molecule has 0 saturated carbocycles. The average Bonchev–Trinajstić information content (AvgIpc) is 3.36. The highest BCUT2D eigenvalue weighted by molar-refractivity contribution is 7.80. The zero-order chi connectivity index (χ0) is 19.9. The summed E-state index contributed by atoms with van der Waals surface area (Å²) in [5.41, 5.74) is 7.42. The van der Waals surface area contributed by atoms with Crippen LogP contribution in [0, 0.1) is 5.92 Å². The van der Waals surface area contributed by atoms with E-state index >= 15 is 0 Å². The molecule has 0 saturated heterocycles. The summed E-state index contributed by atoms with van der Waals surface area (Å²) in [6, 6.07) is 13.6. The van der Waals surface area contributed by atoms with Gasteiger partial charge in [0, 0.05) is 12.7 Å². The van der Waals surface area contributed by atoms with Gasteiger partial charge >= 0.3 is 0 Å². The Morgan fingerprint density at radius 2 is 1.96 bits per heavy atom. The summed E-state index contributed by atoms with van der Waals surface area (Å²) in [4.78, 5) is 13.7. The largest absolute Gasteiger partial charge is 0.361 e. The smallest absolute Gasteiger partial charge is 0.273 e. The first-order valence-electron chi connectivity index (χ1n) is 9.07. The first-order chi connectivity index (χ1) is 13.5. The lowest BCUT2D eigenvalue weighted by Gasteiger charge is -2.12. The van der Waals surface area contributed by atoms with Crippen LogP contribution in [-0.2, 0) is 0 Å². The maximum atomic E-state index is 12.8. The number of thiocarbonyl (C=S) groups is 1. The molecule has 0 aliphatic carbocycles. The van der Waals surface area contributed by atoms with Crippen molar-refractivity contribution < 1.29 is 4.79 Å². The van der Waals surface area contributed by atoms with Crippen LogP contribution in [0.3, 0.4) is 0 Å². The number of amides is 1. The number of hydrogen-bond acceptors (Lipinski definition) is 4. The van der Waals surface area contributed by atoms with Gasteiger partial charge in [-0.05, 0) is 48.1 Å². The van der Waals surface area contributed by atoms with Crippen LogP contribution in [0.2, 0.25) is 0 Å². The number of hydrogen-bond donors (Lipinski definition) is 3. The van der Waals surface area contributed by atoms with E-state index < -0.39 is 0 Å². The summed E-state index contributed by atoms with van der Waals surface area (Å²) in [6.45, 7) is 5.05. The van der Waals surface area contributed by atoms with Crippen molar-refractivity contribution in [1.82, 2.24) is 25.9 Å². The highest BCUT2D eigenvalue weighted by atomic mass is 32.1. The molecule has 0 fully saturated rings. The average molecular weight is 414 g/mol. The fraction of sp³-hybridized carbons (Fsp3) is 0.250. The molecule has 0 atom stereocenters. The Morgan fingerprint density at radius 3 is 2.64 bits per heavy atom. The van der Waals surface area contributed by atoms with Gasteiger partial charge in [0.25, 0.3) is 5.91 Å². The summed E-state index contributed by atoms with van der Waals surface area (Å²) in [5, 5.41) is 10.1. The van der Waals surface area contributed by atoms with Crippen LogP contribution >= 0.6 is 23.6 Å². The van der Waals surface area contributed by atoms with Gasteiger partial charge in [-0.3, -0.25) is 15.6 Å². The molecule has 28 heavy (non-hydrogen) atoms. The molecule has 0 aliphatic heterocycles. The normalized spacial score (nSPS) is 10.7.